The number of rotatable bonds is 6. The molecule has 0 fully saturated rings. The zero-order chi connectivity index (χ0) is 17.1. The Labute approximate surface area is 143 Å². The first kappa shape index (κ1) is 16.6. The van der Waals surface area contributed by atoms with Crippen LogP contribution in [0.1, 0.15) is 12.0 Å². The van der Waals surface area contributed by atoms with Gasteiger partial charge in [-0.05, 0) is 61.3 Å². The third-order valence-corrected chi connectivity index (χ3v) is 4.48. The number of ether oxygens (including phenoxy) is 2. The van der Waals surface area contributed by atoms with Crippen LogP contribution in [-0.2, 0) is 6.42 Å². The van der Waals surface area contributed by atoms with Gasteiger partial charge < -0.3 is 14.4 Å². The maximum absolute atomic E-state index is 5.68. The molecule has 3 aromatic carbocycles. The Balaban J connectivity index is 2.13. The number of methoxy groups -OCH3 is 2. The lowest BCUT2D eigenvalue weighted by atomic mass is 9.97. The van der Waals surface area contributed by atoms with E-state index >= 15 is 0 Å². The van der Waals surface area contributed by atoms with Crippen molar-refractivity contribution in [2.24, 2.45) is 0 Å². The summed E-state index contributed by atoms with van der Waals surface area (Å²) in [6, 6.07) is 15.1. The second-order valence-electron chi connectivity index (χ2n) is 6.43. The molecule has 0 saturated carbocycles. The third-order valence-electron chi connectivity index (χ3n) is 4.48. The Morgan fingerprint density at radius 2 is 1.58 bits per heavy atom. The zero-order valence-corrected chi connectivity index (χ0v) is 14.9. The molecule has 0 unspecified atom stereocenters. The predicted molar refractivity (Wildman–Crippen MR) is 101 cm³/mol. The van der Waals surface area contributed by atoms with E-state index in [0.29, 0.717) is 0 Å². The molecule has 0 atom stereocenters. The predicted octanol–water partition coefficient (Wildman–Crippen LogP) is 4.50. The monoisotopic (exact) mass is 323 g/mol. The largest absolute Gasteiger partial charge is 0.493 e. The van der Waals surface area contributed by atoms with E-state index in [2.05, 4.69) is 55.4 Å². The van der Waals surface area contributed by atoms with Gasteiger partial charge in [-0.2, -0.15) is 0 Å². The normalized spacial score (nSPS) is 11.4. The van der Waals surface area contributed by atoms with Gasteiger partial charge in [0.05, 0.1) is 14.2 Å². The lowest BCUT2D eigenvalue weighted by Gasteiger charge is -2.14. The van der Waals surface area contributed by atoms with Crippen LogP contribution in [0.3, 0.4) is 0 Å². The molecular formula is C21H25NO2. The topological polar surface area (TPSA) is 21.7 Å². The quantitative estimate of drug-likeness (QED) is 0.623. The van der Waals surface area contributed by atoms with Crippen LogP contribution in [0, 0.1) is 0 Å². The van der Waals surface area contributed by atoms with Gasteiger partial charge in [-0.1, -0.05) is 36.4 Å². The van der Waals surface area contributed by atoms with Crippen molar-refractivity contribution < 1.29 is 9.47 Å². The standard InChI is InChI=1S/C21H25NO2/c1-22(2)13-5-6-15-7-8-16-9-10-17-11-12-19(23-3)21(24-4)20(17)18(16)14-15/h7-12,14H,5-6,13H2,1-4H3. The van der Waals surface area contributed by atoms with Gasteiger partial charge in [0, 0.05) is 5.39 Å². The van der Waals surface area contributed by atoms with Gasteiger partial charge in [0.15, 0.2) is 11.5 Å². The summed E-state index contributed by atoms with van der Waals surface area (Å²) in [5.41, 5.74) is 1.36. The van der Waals surface area contributed by atoms with E-state index in [9.17, 15) is 0 Å². The minimum Gasteiger partial charge on any atom is -0.493 e. The smallest absolute Gasteiger partial charge is 0.169 e. The van der Waals surface area contributed by atoms with Gasteiger partial charge in [-0.25, -0.2) is 0 Å². The molecule has 24 heavy (non-hydrogen) atoms. The van der Waals surface area contributed by atoms with Gasteiger partial charge in [-0.3, -0.25) is 0 Å². The fraction of sp³-hybridized carbons (Fsp3) is 0.333. The molecule has 3 aromatic rings. The van der Waals surface area contributed by atoms with Crippen molar-refractivity contribution in [3.05, 3.63) is 48.0 Å². The summed E-state index contributed by atoms with van der Waals surface area (Å²) in [4.78, 5) is 2.23. The highest BCUT2D eigenvalue weighted by molar-refractivity contribution is 6.11. The number of hydrogen-bond donors (Lipinski definition) is 0. The van der Waals surface area contributed by atoms with Crippen LogP contribution in [0.5, 0.6) is 11.5 Å². The fourth-order valence-electron chi connectivity index (χ4n) is 3.26. The highest BCUT2D eigenvalue weighted by atomic mass is 16.5. The zero-order valence-electron chi connectivity index (χ0n) is 14.9. The van der Waals surface area contributed by atoms with Gasteiger partial charge in [0.1, 0.15) is 0 Å². The molecule has 0 amide bonds. The van der Waals surface area contributed by atoms with Crippen LogP contribution in [0.2, 0.25) is 0 Å². The van der Waals surface area contributed by atoms with E-state index in [1.807, 2.05) is 6.07 Å². The average molecular weight is 323 g/mol. The van der Waals surface area contributed by atoms with E-state index in [1.54, 1.807) is 14.2 Å². The van der Waals surface area contributed by atoms with E-state index in [1.165, 1.54) is 21.7 Å². The van der Waals surface area contributed by atoms with E-state index in [0.717, 1.165) is 36.3 Å². The highest BCUT2D eigenvalue weighted by Crippen LogP contribution is 2.39. The van der Waals surface area contributed by atoms with E-state index in [4.69, 9.17) is 9.47 Å². The van der Waals surface area contributed by atoms with Gasteiger partial charge in [0.2, 0.25) is 0 Å². The molecule has 3 heteroatoms. The first-order chi connectivity index (χ1) is 11.6. The van der Waals surface area contributed by atoms with Crippen molar-refractivity contribution in [2.45, 2.75) is 12.8 Å². The minimum atomic E-state index is 0.774. The van der Waals surface area contributed by atoms with Crippen molar-refractivity contribution in [3.8, 4) is 11.5 Å². The van der Waals surface area contributed by atoms with Crippen LogP contribution >= 0.6 is 0 Å². The summed E-state index contributed by atoms with van der Waals surface area (Å²) in [6.07, 6.45) is 2.24. The van der Waals surface area contributed by atoms with Crippen molar-refractivity contribution in [2.75, 3.05) is 34.9 Å². The minimum absolute atomic E-state index is 0.774. The molecular weight excluding hydrogens is 298 g/mol. The molecule has 3 nitrogen and oxygen atoms in total. The van der Waals surface area contributed by atoms with Gasteiger partial charge in [-0.15, -0.1) is 0 Å². The molecule has 126 valence electrons. The molecule has 0 aliphatic heterocycles. The van der Waals surface area contributed by atoms with Crippen LogP contribution in [0.4, 0.5) is 0 Å². The molecule has 0 bridgehead atoms. The summed E-state index contributed by atoms with van der Waals surface area (Å²) in [6.45, 7) is 1.10. The summed E-state index contributed by atoms with van der Waals surface area (Å²) >= 11 is 0. The molecule has 0 aromatic heterocycles. The van der Waals surface area contributed by atoms with Crippen LogP contribution in [0.25, 0.3) is 21.5 Å². The maximum atomic E-state index is 5.68. The van der Waals surface area contributed by atoms with Gasteiger partial charge >= 0.3 is 0 Å². The second kappa shape index (κ2) is 7.10. The van der Waals surface area contributed by atoms with Crippen LogP contribution in [-0.4, -0.2) is 39.8 Å². The molecule has 0 spiro atoms. The Morgan fingerprint density at radius 3 is 2.29 bits per heavy atom. The van der Waals surface area contributed by atoms with E-state index < -0.39 is 0 Å². The molecule has 0 heterocycles. The highest BCUT2D eigenvalue weighted by Gasteiger charge is 2.12. The maximum Gasteiger partial charge on any atom is 0.169 e. The van der Waals surface area contributed by atoms with Crippen LogP contribution in [0.15, 0.2) is 42.5 Å². The molecule has 0 radical (unpaired) electrons. The lowest BCUT2D eigenvalue weighted by molar-refractivity contribution is 0.359. The summed E-state index contributed by atoms with van der Waals surface area (Å²) in [5, 5.41) is 4.76. The van der Waals surface area contributed by atoms with Crippen LogP contribution < -0.4 is 9.47 Å². The molecule has 0 aliphatic carbocycles. The third kappa shape index (κ3) is 3.17. The number of hydrogen-bond acceptors (Lipinski definition) is 3. The van der Waals surface area contributed by atoms with Crippen molar-refractivity contribution in [1.82, 2.24) is 4.90 Å². The Morgan fingerprint density at radius 1 is 0.875 bits per heavy atom. The number of nitrogens with zero attached hydrogens (tertiary/aromatic N) is 1. The molecule has 0 N–H and O–H groups in total. The Bertz CT molecular complexity index is 855. The summed E-state index contributed by atoms with van der Waals surface area (Å²) < 4.78 is 11.2. The summed E-state index contributed by atoms with van der Waals surface area (Å²) in [7, 11) is 7.62. The molecule has 0 saturated heterocycles. The molecule has 0 aliphatic rings. The average Bonchev–Trinajstić information content (AvgIpc) is 2.59. The summed E-state index contributed by atoms with van der Waals surface area (Å²) in [5.74, 6) is 1.58. The second-order valence-corrected chi connectivity index (χ2v) is 6.43. The molecule has 3 rings (SSSR count). The lowest BCUT2D eigenvalue weighted by Crippen LogP contribution is -2.13. The van der Waals surface area contributed by atoms with Gasteiger partial charge in [0.25, 0.3) is 0 Å². The number of benzene rings is 3. The van der Waals surface area contributed by atoms with Crippen molar-refractivity contribution in [1.29, 1.82) is 0 Å². The fourth-order valence-corrected chi connectivity index (χ4v) is 3.26. The van der Waals surface area contributed by atoms with Crippen molar-refractivity contribution >= 4 is 21.5 Å². The number of fused-ring (bicyclic) bond motifs is 3. The first-order valence-electron chi connectivity index (χ1n) is 8.35. The SMILES string of the molecule is COc1ccc2ccc3ccc(CCCN(C)C)cc3c2c1OC. The number of aryl methyl sites for hydroxylation is 1. The Hall–Kier alpha value is -2.26. The first-order valence-corrected chi connectivity index (χ1v) is 8.35. The van der Waals surface area contributed by atoms with Crippen molar-refractivity contribution in [3.63, 3.8) is 0 Å². The van der Waals surface area contributed by atoms with E-state index in [-0.39, 0.29) is 0 Å². The Kier molecular flexibility index (Phi) is 4.91.